The SMILES string of the molecule is Cl.O=C(O[C@@H]1CNCC[C@H]1c1ccccc1)c1ccc(-c2cccc(Cl)c2)cc1. The molecule has 1 fully saturated rings. The summed E-state index contributed by atoms with van der Waals surface area (Å²) in [5.41, 5.74) is 3.81. The van der Waals surface area contributed by atoms with Gasteiger partial charge in [-0.05, 0) is 53.9 Å². The molecule has 0 saturated carbocycles. The number of ether oxygens (including phenoxy) is 1. The van der Waals surface area contributed by atoms with Crippen molar-refractivity contribution >= 4 is 30.0 Å². The van der Waals surface area contributed by atoms with Crippen molar-refractivity contribution in [3.8, 4) is 11.1 Å². The first kappa shape index (κ1) is 21.4. The van der Waals surface area contributed by atoms with Crippen LogP contribution in [0.1, 0.15) is 28.3 Å². The zero-order chi connectivity index (χ0) is 19.3. The minimum Gasteiger partial charge on any atom is -0.457 e. The molecule has 2 atom stereocenters. The third-order valence-corrected chi connectivity index (χ3v) is 5.43. The Morgan fingerprint density at radius 1 is 0.931 bits per heavy atom. The van der Waals surface area contributed by atoms with Crippen LogP contribution in [0.15, 0.2) is 78.9 Å². The van der Waals surface area contributed by atoms with Gasteiger partial charge in [0, 0.05) is 17.5 Å². The van der Waals surface area contributed by atoms with Crippen molar-refractivity contribution in [2.24, 2.45) is 0 Å². The van der Waals surface area contributed by atoms with Crippen molar-refractivity contribution in [1.82, 2.24) is 5.32 Å². The number of nitrogens with one attached hydrogen (secondary N) is 1. The summed E-state index contributed by atoms with van der Waals surface area (Å²) in [5.74, 6) is -0.0654. The number of carbonyl (C=O) groups excluding carboxylic acids is 1. The molecule has 0 unspecified atom stereocenters. The van der Waals surface area contributed by atoms with Crippen molar-refractivity contribution < 1.29 is 9.53 Å². The lowest BCUT2D eigenvalue weighted by Gasteiger charge is -2.32. The predicted molar refractivity (Wildman–Crippen MR) is 120 cm³/mol. The first-order chi connectivity index (χ1) is 13.7. The van der Waals surface area contributed by atoms with Gasteiger partial charge in [-0.2, -0.15) is 0 Å². The van der Waals surface area contributed by atoms with Crippen LogP contribution in [0.25, 0.3) is 11.1 Å². The number of benzene rings is 3. The minimum atomic E-state index is -0.285. The normalized spacial score (nSPS) is 18.5. The largest absolute Gasteiger partial charge is 0.457 e. The fourth-order valence-electron chi connectivity index (χ4n) is 3.71. The molecule has 3 nitrogen and oxygen atoms in total. The second-order valence-corrected chi connectivity index (χ2v) is 7.48. The molecule has 3 aromatic rings. The Morgan fingerprint density at radius 2 is 1.69 bits per heavy atom. The third kappa shape index (κ3) is 5.18. The number of esters is 1. The Kier molecular flexibility index (Phi) is 7.32. The number of hydrogen-bond acceptors (Lipinski definition) is 3. The van der Waals surface area contributed by atoms with E-state index in [0.29, 0.717) is 17.1 Å². The van der Waals surface area contributed by atoms with Crippen LogP contribution < -0.4 is 5.32 Å². The molecular formula is C24H23Cl2NO2. The van der Waals surface area contributed by atoms with Crippen LogP contribution in [0.2, 0.25) is 5.02 Å². The summed E-state index contributed by atoms with van der Waals surface area (Å²) in [6.07, 6.45) is 0.784. The van der Waals surface area contributed by atoms with E-state index in [2.05, 4.69) is 17.4 Å². The van der Waals surface area contributed by atoms with E-state index < -0.39 is 0 Å². The van der Waals surface area contributed by atoms with E-state index in [9.17, 15) is 4.79 Å². The molecule has 1 N–H and O–H groups in total. The molecule has 3 aromatic carbocycles. The summed E-state index contributed by atoms with van der Waals surface area (Å²) in [6.45, 7) is 1.61. The van der Waals surface area contributed by atoms with Crippen LogP contribution in [-0.4, -0.2) is 25.2 Å². The van der Waals surface area contributed by atoms with E-state index >= 15 is 0 Å². The summed E-state index contributed by atoms with van der Waals surface area (Å²) < 4.78 is 5.89. The van der Waals surface area contributed by atoms with Gasteiger partial charge >= 0.3 is 5.97 Å². The number of halogens is 2. The first-order valence-corrected chi connectivity index (χ1v) is 9.91. The van der Waals surface area contributed by atoms with Gasteiger partial charge < -0.3 is 10.1 Å². The highest BCUT2D eigenvalue weighted by atomic mass is 35.5. The van der Waals surface area contributed by atoms with Gasteiger partial charge in [0.15, 0.2) is 0 Å². The minimum absolute atomic E-state index is 0. The Morgan fingerprint density at radius 3 is 2.41 bits per heavy atom. The van der Waals surface area contributed by atoms with Crippen molar-refractivity contribution in [3.63, 3.8) is 0 Å². The van der Waals surface area contributed by atoms with Crippen LogP contribution in [-0.2, 0) is 4.74 Å². The Hall–Kier alpha value is -2.33. The van der Waals surface area contributed by atoms with Crippen LogP contribution >= 0.6 is 24.0 Å². The molecule has 29 heavy (non-hydrogen) atoms. The molecular weight excluding hydrogens is 405 g/mol. The van der Waals surface area contributed by atoms with E-state index in [1.807, 2.05) is 66.7 Å². The molecule has 5 heteroatoms. The molecule has 150 valence electrons. The fourth-order valence-corrected chi connectivity index (χ4v) is 3.90. The standard InChI is InChI=1S/C24H22ClNO2.ClH/c25-21-8-4-7-20(15-21)17-9-11-19(12-10-17)24(27)28-23-16-26-14-13-22(23)18-5-2-1-3-6-18;/h1-12,15,22-23,26H,13-14,16H2;1H/t22-,23+;/m0./s1. The third-order valence-electron chi connectivity index (χ3n) is 5.19. The molecule has 0 aromatic heterocycles. The maximum atomic E-state index is 12.7. The zero-order valence-corrected chi connectivity index (χ0v) is 17.5. The lowest BCUT2D eigenvalue weighted by Crippen LogP contribution is -2.42. The van der Waals surface area contributed by atoms with Gasteiger partial charge in [-0.3, -0.25) is 0 Å². The number of piperidine rings is 1. The van der Waals surface area contributed by atoms with Crippen molar-refractivity contribution in [2.45, 2.75) is 18.4 Å². The molecule has 0 spiro atoms. The Bertz CT molecular complexity index is 945. The molecule has 0 amide bonds. The molecule has 4 rings (SSSR count). The second-order valence-electron chi connectivity index (χ2n) is 7.04. The number of hydrogen-bond donors (Lipinski definition) is 1. The highest BCUT2D eigenvalue weighted by molar-refractivity contribution is 6.30. The van der Waals surface area contributed by atoms with Gasteiger partial charge in [-0.25, -0.2) is 4.79 Å². The molecule has 1 aliphatic heterocycles. The van der Waals surface area contributed by atoms with E-state index in [1.54, 1.807) is 0 Å². The van der Waals surface area contributed by atoms with Gasteiger partial charge in [-0.15, -0.1) is 12.4 Å². The van der Waals surface area contributed by atoms with E-state index in [-0.39, 0.29) is 30.4 Å². The summed E-state index contributed by atoms with van der Waals surface area (Å²) in [6, 6.07) is 25.4. The van der Waals surface area contributed by atoms with Gasteiger partial charge in [0.05, 0.1) is 5.56 Å². The van der Waals surface area contributed by atoms with Gasteiger partial charge in [0.25, 0.3) is 0 Å². The summed E-state index contributed by atoms with van der Waals surface area (Å²) in [4.78, 5) is 12.7. The average Bonchev–Trinajstić information content (AvgIpc) is 2.75. The van der Waals surface area contributed by atoms with Crippen molar-refractivity contribution in [2.75, 3.05) is 13.1 Å². The number of carbonyl (C=O) groups is 1. The van der Waals surface area contributed by atoms with Crippen LogP contribution in [0.5, 0.6) is 0 Å². The molecule has 1 aliphatic rings. The van der Waals surface area contributed by atoms with Crippen LogP contribution in [0, 0.1) is 0 Å². The zero-order valence-electron chi connectivity index (χ0n) is 15.9. The van der Waals surface area contributed by atoms with Crippen molar-refractivity contribution in [1.29, 1.82) is 0 Å². The monoisotopic (exact) mass is 427 g/mol. The quantitative estimate of drug-likeness (QED) is 0.540. The molecule has 0 radical (unpaired) electrons. The summed E-state index contributed by atoms with van der Waals surface area (Å²) in [7, 11) is 0. The molecule has 1 heterocycles. The first-order valence-electron chi connectivity index (χ1n) is 9.53. The van der Waals surface area contributed by atoms with Gasteiger partial charge in [0.2, 0.25) is 0 Å². The van der Waals surface area contributed by atoms with Gasteiger partial charge in [0.1, 0.15) is 6.10 Å². The topological polar surface area (TPSA) is 38.3 Å². The molecule has 0 aliphatic carbocycles. The van der Waals surface area contributed by atoms with E-state index in [1.165, 1.54) is 5.56 Å². The predicted octanol–water partition coefficient (Wildman–Crippen LogP) is 5.73. The second kappa shape index (κ2) is 9.93. The highest BCUT2D eigenvalue weighted by Crippen LogP contribution is 2.29. The van der Waals surface area contributed by atoms with Crippen LogP contribution in [0.3, 0.4) is 0 Å². The summed E-state index contributed by atoms with van der Waals surface area (Å²) >= 11 is 6.07. The van der Waals surface area contributed by atoms with Crippen LogP contribution in [0.4, 0.5) is 0 Å². The number of rotatable bonds is 4. The van der Waals surface area contributed by atoms with E-state index in [0.717, 1.165) is 24.1 Å². The Labute approximate surface area is 182 Å². The highest BCUT2D eigenvalue weighted by Gasteiger charge is 2.29. The maximum absolute atomic E-state index is 12.7. The lowest BCUT2D eigenvalue weighted by molar-refractivity contribution is 0.0182. The van der Waals surface area contributed by atoms with Gasteiger partial charge in [-0.1, -0.05) is 66.2 Å². The summed E-state index contributed by atoms with van der Waals surface area (Å²) in [5, 5.41) is 4.03. The average molecular weight is 428 g/mol. The molecule has 0 bridgehead atoms. The molecule has 1 saturated heterocycles. The fraction of sp³-hybridized carbons (Fsp3) is 0.208. The van der Waals surface area contributed by atoms with E-state index in [4.69, 9.17) is 16.3 Å². The smallest absolute Gasteiger partial charge is 0.338 e. The Balaban J connectivity index is 0.00000240. The maximum Gasteiger partial charge on any atom is 0.338 e. The lowest BCUT2D eigenvalue weighted by atomic mass is 9.88. The van der Waals surface area contributed by atoms with Crippen molar-refractivity contribution in [3.05, 3.63) is 95.0 Å².